The van der Waals surface area contributed by atoms with E-state index >= 15 is 0 Å². The van der Waals surface area contributed by atoms with Crippen molar-refractivity contribution >= 4 is 23.4 Å². The largest absolute Gasteiger partial charge is 0.478 e. The number of nitrogens with zero attached hydrogens (tertiary/aromatic N) is 1. The summed E-state index contributed by atoms with van der Waals surface area (Å²) in [7, 11) is 0. The van der Waals surface area contributed by atoms with Gasteiger partial charge in [-0.15, -0.1) is 0 Å². The molecule has 1 aromatic rings. The number of carbonyl (C=O) groups is 2. The Hall–Kier alpha value is -2.31. The second-order valence-electron chi connectivity index (χ2n) is 4.05. The third-order valence-corrected chi connectivity index (χ3v) is 2.01. The third kappa shape index (κ3) is 3.93. The molecule has 1 aromatic heterocycles. The molecule has 0 aromatic carbocycles. The number of carbonyl (C=O) groups excluding carboxylic acids is 1. The van der Waals surface area contributed by atoms with Crippen LogP contribution in [0.2, 0.25) is 0 Å². The topological polar surface area (TPSA) is 117 Å². The summed E-state index contributed by atoms with van der Waals surface area (Å²) in [5.41, 5.74) is 5.65. The lowest BCUT2D eigenvalue weighted by molar-refractivity contribution is -0.119. The normalized spacial score (nSPS) is 10.2. The fourth-order valence-electron chi connectivity index (χ4n) is 1.32. The summed E-state index contributed by atoms with van der Waals surface area (Å²) in [5.74, 6) is -1.27. The summed E-state index contributed by atoms with van der Waals surface area (Å²) in [6.07, 6.45) is 1.33. The zero-order valence-electron chi connectivity index (χ0n) is 10.2. The van der Waals surface area contributed by atoms with E-state index in [2.05, 4.69) is 15.6 Å². The van der Waals surface area contributed by atoms with Crippen LogP contribution in [0.4, 0.5) is 11.5 Å². The first kappa shape index (κ1) is 13.8. The van der Waals surface area contributed by atoms with Gasteiger partial charge < -0.3 is 21.5 Å². The molecule has 7 nitrogen and oxygen atoms in total. The number of amides is 1. The van der Waals surface area contributed by atoms with Gasteiger partial charge in [-0.3, -0.25) is 4.79 Å². The average Bonchev–Trinajstić information content (AvgIpc) is 2.26. The number of carboxylic acid groups (broad SMARTS) is 1. The zero-order chi connectivity index (χ0) is 13.7. The van der Waals surface area contributed by atoms with Gasteiger partial charge >= 0.3 is 5.97 Å². The minimum Gasteiger partial charge on any atom is -0.478 e. The van der Waals surface area contributed by atoms with Crippen LogP contribution in [0.15, 0.2) is 12.3 Å². The van der Waals surface area contributed by atoms with Gasteiger partial charge in [-0.2, -0.15) is 0 Å². The van der Waals surface area contributed by atoms with Crippen molar-refractivity contribution in [2.24, 2.45) is 0 Å². The Bertz CT molecular complexity index is 460. The molecule has 0 saturated heterocycles. The molecule has 0 radical (unpaired) electrons. The molecular formula is C11H16N4O3. The van der Waals surface area contributed by atoms with Crippen molar-refractivity contribution in [1.29, 1.82) is 0 Å². The summed E-state index contributed by atoms with van der Waals surface area (Å²) in [6, 6.07) is 1.32. The Kier molecular flexibility index (Phi) is 4.47. The second kappa shape index (κ2) is 5.85. The molecule has 5 N–H and O–H groups in total. The quantitative estimate of drug-likeness (QED) is 0.598. The number of aromatic carboxylic acids is 1. The predicted octanol–water partition coefficient (Wildman–Crippen LogP) is 0.298. The van der Waals surface area contributed by atoms with Crippen molar-refractivity contribution in [3.05, 3.63) is 17.8 Å². The molecule has 0 bridgehead atoms. The minimum atomic E-state index is -1.15. The first-order valence-corrected chi connectivity index (χ1v) is 5.42. The number of nitrogens with two attached hydrogens (primary N) is 1. The number of rotatable bonds is 5. The number of nitrogens with one attached hydrogen (secondary N) is 2. The van der Waals surface area contributed by atoms with Crippen LogP contribution < -0.4 is 16.4 Å². The van der Waals surface area contributed by atoms with Crippen LogP contribution in [0.25, 0.3) is 0 Å². The van der Waals surface area contributed by atoms with Crippen LogP contribution in [0.3, 0.4) is 0 Å². The fourth-order valence-corrected chi connectivity index (χ4v) is 1.32. The fraction of sp³-hybridized carbons (Fsp3) is 0.364. The summed E-state index contributed by atoms with van der Waals surface area (Å²) in [4.78, 5) is 26.2. The Balaban J connectivity index is 2.73. The first-order valence-electron chi connectivity index (χ1n) is 5.42. The van der Waals surface area contributed by atoms with Crippen molar-refractivity contribution in [2.75, 3.05) is 17.6 Å². The second-order valence-corrected chi connectivity index (χ2v) is 4.05. The highest BCUT2D eigenvalue weighted by molar-refractivity contribution is 5.94. The number of hydrogen-bond donors (Lipinski definition) is 4. The van der Waals surface area contributed by atoms with Gasteiger partial charge in [0.15, 0.2) is 0 Å². The highest BCUT2D eigenvalue weighted by Crippen LogP contribution is 2.14. The highest BCUT2D eigenvalue weighted by Gasteiger charge is 2.13. The molecule has 0 unspecified atom stereocenters. The Morgan fingerprint density at radius 1 is 1.50 bits per heavy atom. The van der Waals surface area contributed by atoms with Crippen molar-refractivity contribution < 1.29 is 14.7 Å². The first-order chi connectivity index (χ1) is 8.40. The molecule has 0 spiro atoms. The summed E-state index contributed by atoms with van der Waals surface area (Å²) >= 11 is 0. The van der Waals surface area contributed by atoms with Gasteiger partial charge in [0.2, 0.25) is 5.91 Å². The lowest BCUT2D eigenvalue weighted by atomic mass is 10.2. The maximum atomic E-state index is 11.4. The van der Waals surface area contributed by atoms with E-state index in [9.17, 15) is 9.59 Å². The molecule has 98 valence electrons. The summed E-state index contributed by atoms with van der Waals surface area (Å²) in [6.45, 7) is 3.62. The monoisotopic (exact) mass is 252 g/mol. The van der Waals surface area contributed by atoms with Gasteiger partial charge in [-0.25, -0.2) is 9.78 Å². The number of aromatic nitrogens is 1. The molecule has 0 saturated carbocycles. The maximum absolute atomic E-state index is 11.4. The Labute approximate surface area is 104 Å². The Morgan fingerprint density at radius 2 is 2.17 bits per heavy atom. The van der Waals surface area contributed by atoms with E-state index in [1.54, 1.807) is 0 Å². The highest BCUT2D eigenvalue weighted by atomic mass is 16.4. The predicted molar refractivity (Wildman–Crippen MR) is 67.4 cm³/mol. The maximum Gasteiger partial charge on any atom is 0.339 e. The van der Waals surface area contributed by atoms with E-state index in [1.165, 1.54) is 12.3 Å². The van der Waals surface area contributed by atoms with Crippen LogP contribution >= 0.6 is 0 Å². The molecule has 1 heterocycles. The molecule has 1 rings (SSSR count). The lowest BCUT2D eigenvalue weighted by Gasteiger charge is -2.11. The van der Waals surface area contributed by atoms with Crippen molar-refractivity contribution in [3.8, 4) is 0 Å². The SMILES string of the molecule is CC(C)NC(=O)CNc1ncc(N)cc1C(=O)O. The van der Waals surface area contributed by atoms with Gasteiger partial charge in [-0.05, 0) is 19.9 Å². The van der Waals surface area contributed by atoms with Crippen LogP contribution in [-0.4, -0.2) is 34.6 Å². The zero-order valence-corrected chi connectivity index (χ0v) is 10.2. The third-order valence-electron chi connectivity index (χ3n) is 2.01. The molecular weight excluding hydrogens is 236 g/mol. The van der Waals surface area contributed by atoms with Crippen LogP contribution in [0.1, 0.15) is 24.2 Å². The number of hydrogen-bond acceptors (Lipinski definition) is 5. The van der Waals surface area contributed by atoms with Crippen LogP contribution in [0, 0.1) is 0 Å². The van der Waals surface area contributed by atoms with Gasteiger partial charge in [-0.1, -0.05) is 0 Å². The van der Waals surface area contributed by atoms with Crippen molar-refractivity contribution in [3.63, 3.8) is 0 Å². The molecule has 18 heavy (non-hydrogen) atoms. The smallest absolute Gasteiger partial charge is 0.339 e. The molecule has 0 aliphatic heterocycles. The van der Waals surface area contributed by atoms with Gasteiger partial charge in [0.1, 0.15) is 11.4 Å². The van der Waals surface area contributed by atoms with Crippen molar-refractivity contribution in [1.82, 2.24) is 10.3 Å². The molecule has 0 fully saturated rings. The van der Waals surface area contributed by atoms with E-state index in [-0.39, 0.29) is 35.6 Å². The summed E-state index contributed by atoms with van der Waals surface area (Å²) < 4.78 is 0. The molecule has 0 aliphatic rings. The van der Waals surface area contributed by atoms with E-state index in [0.717, 1.165) is 0 Å². The molecule has 0 aliphatic carbocycles. The summed E-state index contributed by atoms with van der Waals surface area (Å²) in [5, 5.41) is 14.3. The molecule has 0 atom stereocenters. The van der Waals surface area contributed by atoms with E-state index in [1.807, 2.05) is 13.8 Å². The standard InChI is InChI=1S/C11H16N4O3/c1-6(2)15-9(16)5-14-10-8(11(17)18)3-7(12)4-13-10/h3-4,6H,5,12H2,1-2H3,(H,13,14)(H,15,16)(H,17,18). The van der Waals surface area contributed by atoms with E-state index < -0.39 is 5.97 Å². The molecule has 1 amide bonds. The lowest BCUT2D eigenvalue weighted by Crippen LogP contribution is -2.35. The minimum absolute atomic E-state index is 0.0256. The number of anilines is 2. The van der Waals surface area contributed by atoms with Crippen molar-refractivity contribution in [2.45, 2.75) is 19.9 Å². The van der Waals surface area contributed by atoms with E-state index in [4.69, 9.17) is 10.8 Å². The number of nitrogen functional groups attached to an aromatic ring is 1. The van der Waals surface area contributed by atoms with E-state index in [0.29, 0.717) is 0 Å². The van der Waals surface area contributed by atoms with Crippen LogP contribution in [0.5, 0.6) is 0 Å². The van der Waals surface area contributed by atoms with Gasteiger partial charge in [0.05, 0.1) is 18.4 Å². The van der Waals surface area contributed by atoms with Gasteiger partial charge in [0.25, 0.3) is 0 Å². The number of carboxylic acids is 1. The van der Waals surface area contributed by atoms with Crippen LogP contribution in [-0.2, 0) is 4.79 Å². The average molecular weight is 252 g/mol. The van der Waals surface area contributed by atoms with Gasteiger partial charge in [0, 0.05) is 6.04 Å². The Morgan fingerprint density at radius 3 is 2.72 bits per heavy atom. The molecule has 7 heteroatoms. The number of pyridine rings is 1.